The highest BCUT2D eigenvalue weighted by Crippen LogP contribution is 2.43. The van der Waals surface area contributed by atoms with Crippen molar-refractivity contribution >= 4 is 25.8 Å². The van der Waals surface area contributed by atoms with Gasteiger partial charge in [0.25, 0.3) is 0 Å². The van der Waals surface area contributed by atoms with Gasteiger partial charge in [0.1, 0.15) is 0 Å². The summed E-state index contributed by atoms with van der Waals surface area (Å²) in [4.78, 5) is 0. The van der Waals surface area contributed by atoms with Crippen LogP contribution in [0.5, 0.6) is 0 Å². The summed E-state index contributed by atoms with van der Waals surface area (Å²) in [5.41, 5.74) is 0.0782. The van der Waals surface area contributed by atoms with Crippen molar-refractivity contribution < 1.29 is 8.42 Å². The Hall–Kier alpha value is 0.430. The molecule has 0 saturated heterocycles. The quantitative estimate of drug-likeness (QED) is 0.720. The molecule has 0 radical (unpaired) electrons. The summed E-state index contributed by atoms with van der Waals surface area (Å²) in [6.07, 6.45) is 3.32. The average Bonchev–Trinajstić information content (AvgIpc) is 1.97. The number of hydrogen-bond donors (Lipinski definition) is 0. The Balaban J connectivity index is 2.60. The topological polar surface area (TPSA) is 34.1 Å². The van der Waals surface area contributed by atoms with E-state index in [1.165, 1.54) is 6.42 Å². The van der Waals surface area contributed by atoms with Crippen LogP contribution in [0.15, 0.2) is 0 Å². The zero-order valence-corrected chi connectivity index (χ0v) is 9.75. The lowest BCUT2D eigenvalue weighted by Crippen LogP contribution is -2.38. The maximum Gasteiger partial charge on any atom is 0.150 e. The normalized spacial score (nSPS) is 21.8. The Morgan fingerprint density at radius 1 is 1.42 bits per heavy atom. The first-order chi connectivity index (χ1) is 5.54. The molecule has 0 unspecified atom stereocenters. The summed E-state index contributed by atoms with van der Waals surface area (Å²) >= 11 is 3.40. The van der Waals surface area contributed by atoms with E-state index < -0.39 is 9.84 Å². The summed E-state index contributed by atoms with van der Waals surface area (Å²) < 4.78 is 22.7. The summed E-state index contributed by atoms with van der Waals surface area (Å²) in [5, 5.41) is 0.833. The molecule has 0 heterocycles. The Labute approximate surface area is 82.8 Å². The number of hydrogen-bond acceptors (Lipinski definition) is 2. The Morgan fingerprint density at radius 3 is 2.25 bits per heavy atom. The van der Waals surface area contributed by atoms with Crippen molar-refractivity contribution in [1.29, 1.82) is 0 Å². The minimum Gasteiger partial charge on any atom is -0.229 e. The SMILES string of the molecule is CCS(=O)(=O)CC1(CBr)CCC1. The molecule has 0 N–H and O–H groups in total. The van der Waals surface area contributed by atoms with E-state index in [1.54, 1.807) is 6.92 Å². The first-order valence-electron chi connectivity index (χ1n) is 4.30. The predicted molar refractivity (Wildman–Crippen MR) is 54.4 cm³/mol. The van der Waals surface area contributed by atoms with Crippen molar-refractivity contribution in [2.45, 2.75) is 26.2 Å². The van der Waals surface area contributed by atoms with E-state index in [1.807, 2.05) is 0 Å². The number of sulfone groups is 1. The lowest BCUT2D eigenvalue weighted by Gasteiger charge is -2.40. The molecule has 0 aromatic heterocycles. The van der Waals surface area contributed by atoms with Crippen molar-refractivity contribution in [3.8, 4) is 0 Å². The Morgan fingerprint density at radius 2 is 2.00 bits per heavy atom. The molecule has 0 spiro atoms. The molecule has 72 valence electrons. The lowest BCUT2D eigenvalue weighted by atomic mass is 9.72. The second-order valence-corrected chi connectivity index (χ2v) is 6.58. The summed E-state index contributed by atoms with van der Waals surface area (Å²) in [6.45, 7) is 1.72. The van der Waals surface area contributed by atoms with Crippen LogP contribution in [0.1, 0.15) is 26.2 Å². The van der Waals surface area contributed by atoms with Crippen molar-refractivity contribution in [2.24, 2.45) is 5.41 Å². The van der Waals surface area contributed by atoms with Gasteiger partial charge in [0.05, 0.1) is 5.75 Å². The standard InChI is InChI=1S/C8H15BrO2S/c1-2-12(10,11)7-8(6-9)4-3-5-8/h2-7H2,1H3. The molecule has 0 bridgehead atoms. The maximum absolute atomic E-state index is 11.3. The molecule has 4 heteroatoms. The Bertz CT molecular complexity index is 236. The number of alkyl halides is 1. The van der Waals surface area contributed by atoms with Crippen LogP contribution >= 0.6 is 15.9 Å². The highest BCUT2D eigenvalue weighted by atomic mass is 79.9. The van der Waals surface area contributed by atoms with Crippen LogP contribution in [0.4, 0.5) is 0 Å². The van der Waals surface area contributed by atoms with Crippen LogP contribution in [0.3, 0.4) is 0 Å². The molecule has 1 aliphatic carbocycles. The fourth-order valence-electron chi connectivity index (χ4n) is 1.56. The Kier molecular flexibility index (Phi) is 3.21. The van der Waals surface area contributed by atoms with Gasteiger partial charge in [-0.25, -0.2) is 8.42 Å². The van der Waals surface area contributed by atoms with E-state index in [0.717, 1.165) is 18.2 Å². The van der Waals surface area contributed by atoms with Crippen LogP contribution < -0.4 is 0 Å². The fourth-order valence-corrected chi connectivity index (χ4v) is 4.11. The highest BCUT2D eigenvalue weighted by Gasteiger charge is 2.39. The van der Waals surface area contributed by atoms with Crippen LogP contribution in [-0.2, 0) is 9.84 Å². The van der Waals surface area contributed by atoms with E-state index in [9.17, 15) is 8.42 Å². The van der Waals surface area contributed by atoms with E-state index in [2.05, 4.69) is 15.9 Å². The molecule has 1 rings (SSSR count). The molecule has 0 amide bonds. The van der Waals surface area contributed by atoms with Gasteiger partial charge in [-0.05, 0) is 18.3 Å². The predicted octanol–water partition coefficient (Wildman–Crippen LogP) is 1.99. The largest absolute Gasteiger partial charge is 0.229 e. The minimum atomic E-state index is -2.78. The molecule has 1 saturated carbocycles. The van der Waals surface area contributed by atoms with E-state index >= 15 is 0 Å². The smallest absolute Gasteiger partial charge is 0.150 e. The fraction of sp³-hybridized carbons (Fsp3) is 1.00. The zero-order chi connectivity index (χ0) is 9.24. The molecule has 0 aliphatic heterocycles. The van der Waals surface area contributed by atoms with Crippen LogP contribution in [-0.4, -0.2) is 25.3 Å². The molecular formula is C8H15BrO2S. The monoisotopic (exact) mass is 254 g/mol. The van der Waals surface area contributed by atoms with E-state index in [-0.39, 0.29) is 11.2 Å². The average molecular weight is 255 g/mol. The van der Waals surface area contributed by atoms with Gasteiger partial charge in [-0.3, -0.25) is 0 Å². The van der Waals surface area contributed by atoms with E-state index in [0.29, 0.717) is 5.75 Å². The zero-order valence-electron chi connectivity index (χ0n) is 7.35. The van der Waals surface area contributed by atoms with Gasteiger partial charge in [-0.2, -0.15) is 0 Å². The summed E-state index contributed by atoms with van der Waals surface area (Å²) in [5.74, 6) is 0.656. The summed E-state index contributed by atoms with van der Waals surface area (Å²) in [7, 11) is -2.78. The third-order valence-corrected chi connectivity index (χ3v) is 5.78. The van der Waals surface area contributed by atoms with Gasteiger partial charge in [0.15, 0.2) is 9.84 Å². The first-order valence-corrected chi connectivity index (χ1v) is 7.24. The number of halogens is 1. The molecule has 0 aromatic carbocycles. The van der Waals surface area contributed by atoms with Crippen molar-refractivity contribution in [2.75, 3.05) is 16.8 Å². The minimum absolute atomic E-state index is 0.0782. The maximum atomic E-state index is 11.3. The van der Waals surface area contributed by atoms with Gasteiger partial charge >= 0.3 is 0 Å². The van der Waals surface area contributed by atoms with Crippen molar-refractivity contribution in [1.82, 2.24) is 0 Å². The van der Waals surface area contributed by atoms with Crippen LogP contribution in [0, 0.1) is 5.41 Å². The molecule has 1 aliphatic rings. The molecule has 0 atom stereocenters. The molecule has 2 nitrogen and oxygen atoms in total. The number of rotatable bonds is 4. The van der Waals surface area contributed by atoms with Crippen molar-refractivity contribution in [3.05, 3.63) is 0 Å². The first kappa shape index (κ1) is 10.5. The molecule has 1 fully saturated rings. The van der Waals surface area contributed by atoms with E-state index in [4.69, 9.17) is 0 Å². The van der Waals surface area contributed by atoms with Crippen LogP contribution in [0.2, 0.25) is 0 Å². The van der Waals surface area contributed by atoms with Gasteiger partial charge in [-0.1, -0.05) is 29.3 Å². The van der Waals surface area contributed by atoms with Crippen molar-refractivity contribution in [3.63, 3.8) is 0 Å². The van der Waals surface area contributed by atoms with Crippen LogP contribution in [0.25, 0.3) is 0 Å². The highest BCUT2D eigenvalue weighted by molar-refractivity contribution is 9.09. The second-order valence-electron chi connectivity index (χ2n) is 3.66. The molecule has 0 aromatic rings. The lowest BCUT2D eigenvalue weighted by molar-refractivity contribution is 0.203. The second kappa shape index (κ2) is 3.66. The third-order valence-electron chi connectivity index (χ3n) is 2.66. The summed E-state index contributed by atoms with van der Waals surface area (Å²) in [6, 6.07) is 0. The van der Waals surface area contributed by atoms with Gasteiger partial charge in [0, 0.05) is 11.1 Å². The molecular weight excluding hydrogens is 240 g/mol. The third kappa shape index (κ3) is 2.22. The van der Waals surface area contributed by atoms with Gasteiger partial charge < -0.3 is 0 Å². The molecule has 12 heavy (non-hydrogen) atoms. The van der Waals surface area contributed by atoms with Gasteiger partial charge in [0.2, 0.25) is 0 Å². The van der Waals surface area contributed by atoms with Gasteiger partial charge in [-0.15, -0.1) is 0 Å².